The van der Waals surface area contributed by atoms with E-state index in [4.69, 9.17) is 9.47 Å². The Morgan fingerprint density at radius 2 is 1.67 bits per heavy atom. The Kier molecular flexibility index (Phi) is 8.43. The van der Waals surface area contributed by atoms with Crippen LogP contribution >= 0.6 is 0 Å². The fourth-order valence-electron chi connectivity index (χ4n) is 2.21. The van der Waals surface area contributed by atoms with E-state index in [0.717, 1.165) is 5.56 Å². The lowest BCUT2D eigenvalue weighted by Crippen LogP contribution is -2.44. The third-order valence-corrected chi connectivity index (χ3v) is 3.98. The van der Waals surface area contributed by atoms with Crippen LogP contribution in [-0.4, -0.2) is 50.2 Å². The van der Waals surface area contributed by atoms with Gasteiger partial charge in [-0.2, -0.15) is 0 Å². The quantitative estimate of drug-likeness (QED) is 0.531. The molecule has 1 rings (SSSR count). The fraction of sp³-hybridized carbons (Fsp3) is 0.550. The number of benzene rings is 1. The van der Waals surface area contributed by atoms with Crippen molar-refractivity contribution >= 4 is 17.8 Å². The molecule has 0 saturated heterocycles. The zero-order valence-electron chi connectivity index (χ0n) is 16.9. The van der Waals surface area contributed by atoms with Crippen LogP contribution in [0.4, 0.5) is 0 Å². The van der Waals surface area contributed by atoms with Crippen molar-refractivity contribution in [3.8, 4) is 0 Å². The molecule has 0 aliphatic carbocycles. The molecule has 0 bridgehead atoms. The smallest absolute Gasteiger partial charge is 0.329 e. The van der Waals surface area contributed by atoms with Gasteiger partial charge in [-0.05, 0) is 37.0 Å². The van der Waals surface area contributed by atoms with Crippen LogP contribution in [0.5, 0.6) is 0 Å². The molecule has 0 unspecified atom stereocenters. The van der Waals surface area contributed by atoms with Crippen LogP contribution in [0, 0.1) is 0 Å². The molecule has 2 N–H and O–H groups in total. The van der Waals surface area contributed by atoms with Gasteiger partial charge in [0.1, 0.15) is 6.04 Å². The van der Waals surface area contributed by atoms with Crippen molar-refractivity contribution in [3.05, 3.63) is 35.4 Å². The SMILES string of the molecule is COCCNC(=O)[C@@H](C)OC(=O)[C@H](C)NC(=O)c1ccc(C(C)(C)C)cc1. The minimum Gasteiger partial charge on any atom is -0.451 e. The van der Waals surface area contributed by atoms with Gasteiger partial charge in [0.25, 0.3) is 11.8 Å². The maximum atomic E-state index is 12.3. The number of carbonyl (C=O) groups is 3. The van der Waals surface area contributed by atoms with Crippen molar-refractivity contribution in [2.75, 3.05) is 20.3 Å². The number of esters is 1. The summed E-state index contributed by atoms with van der Waals surface area (Å²) < 4.78 is 9.93. The van der Waals surface area contributed by atoms with Crippen molar-refractivity contribution < 1.29 is 23.9 Å². The second-order valence-electron chi connectivity index (χ2n) is 7.39. The second kappa shape index (κ2) is 10.1. The summed E-state index contributed by atoms with van der Waals surface area (Å²) in [4.78, 5) is 36.2. The lowest BCUT2D eigenvalue weighted by molar-refractivity contribution is -0.156. The first-order chi connectivity index (χ1) is 12.6. The average molecular weight is 378 g/mol. The number of hydrogen-bond donors (Lipinski definition) is 2. The summed E-state index contributed by atoms with van der Waals surface area (Å²) in [6.07, 6.45) is -0.959. The molecule has 27 heavy (non-hydrogen) atoms. The van der Waals surface area contributed by atoms with Crippen LogP contribution in [0.25, 0.3) is 0 Å². The summed E-state index contributed by atoms with van der Waals surface area (Å²) in [7, 11) is 1.52. The van der Waals surface area contributed by atoms with Gasteiger partial charge in [0.05, 0.1) is 6.61 Å². The number of hydrogen-bond acceptors (Lipinski definition) is 5. The standard InChI is InChI=1S/C20H30N2O5/c1-13(19(25)27-14(2)17(23)21-11-12-26-6)22-18(24)15-7-9-16(10-8-15)20(3,4)5/h7-10,13-14H,11-12H2,1-6H3,(H,21,23)(H,22,24)/t13-,14+/m0/s1. The van der Waals surface area contributed by atoms with Gasteiger partial charge in [-0.3, -0.25) is 9.59 Å². The van der Waals surface area contributed by atoms with E-state index in [2.05, 4.69) is 31.4 Å². The first-order valence-corrected chi connectivity index (χ1v) is 8.94. The lowest BCUT2D eigenvalue weighted by Gasteiger charge is -2.20. The van der Waals surface area contributed by atoms with Gasteiger partial charge in [0.2, 0.25) is 0 Å². The molecule has 0 saturated carbocycles. The summed E-state index contributed by atoms with van der Waals surface area (Å²) in [6, 6.07) is 6.35. The van der Waals surface area contributed by atoms with Crippen LogP contribution in [0.1, 0.15) is 50.5 Å². The third-order valence-electron chi connectivity index (χ3n) is 3.98. The highest BCUT2D eigenvalue weighted by atomic mass is 16.5. The maximum absolute atomic E-state index is 12.3. The van der Waals surface area contributed by atoms with Crippen LogP contribution in [0.3, 0.4) is 0 Å². The number of nitrogens with one attached hydrogen (secondary N) is 2. The van der Waals surface area contributed by atoms with E-state index in [1.807, 2.05) is 12.1 Å². The molecular weight excluding hydrogens is 348 g/mol. The molecule has 0 aromatic heterocycles. The Morgan fingerprint density at radius 1 is 1.07 bits per heavy atom. The monoisotopic (exact) mass is 378 g/mol. The topological polar surface area (TPSA) is 93.7 Å². The van der Waals surface area contributed by atoms with Gasteiger partial charge in [-0.25, -0.2) is 4.79 Å². The molecule has 0 heterocycles. The summed E-state index contributed by atoms with van der Waals surface area (Å²) in [5.74, 6) is -1.47. The minimum atomic E-state index is -0.959. The van der Waals surface area contributed by atoms with E-state index in [1.54, 1.807) is 12.1 Å². The Morgan fingerprint density at radius 3 is 2.19 bits per heavy atom. The largest absolute Gasteiger partial charge is 0.451 e. The van der Waals surface area contributed by atoms with Crippen molar-refractivity contribution in [2.45, 2.75) is 52.2 Å². The maximum Gasteiger partial charge on any atom is 0.329 e. The van der Waals surface area contributed by atoms with E-state index in [9.17, 15) is 14.4 Å². The normalized spacial score (nSPS) is 13.4. The van der Waals surface area contributed by atoms with E-state index in [1.165, 1.54) is 21.0 Å². The number of rotatable bonds is 8. The van der Waals surface area contributed by atoms with Gasteiger partial charge >= 0.3 is 5.97 Å². The van der Waals surface area contributed by atoms with E-state index < -0.39 is 24.0 Å². The number of amides is 2. The fourth-order valence-corrected chi connectivity index (χ4v) is 2.21. The molecule has 0 spiro atoms. The Balaban J connectivity index is 2.56. The summed E-state index contributed by atoms with van der Waals surface area (Å²) in [5.41, 5.74) is 1.55. The first kappa shape index (κ1) is 22.6. The zero-order chi connectivity index (χ0) is 20.6. The Hall–Kier alpha value is -2.41. The van der Waals surface area contributed by atoms with E-state index >= 15 is 0 Å². The van der Waals surface area contributed by atoms with Gasteiger partial charge in [0, 0.05) is 19.2 Å². The highest BCUT2D eigenvalue weighted by Gasteiger charge is 2.23. The van der Waals surface area contributed by atoms with Crippen molar-refractivity contribution in [3.63, 3.8) is 0 Å². The van der Waals surface area contributed by atoms with E-state index in [-0.39, 0.29) is 11.3 Å². The predicted molar refractivity (Wildman–Crippen MR) is 103 cm³/mol. The molecule has 2 amide bonds. The number of carbonyl (C=O) groups excluding carboxylic acids is 3. The minimum absolute atomic E-state index is 0.00787. The molecule has 7 nitrogen and oxygen atoms in total. The summed E-state index contributed by atoms with van der Waals surface area (Å²) >= 11 is 0. The van der Waals surface area contributed by atoms with Gasteiger partial charge in [-0.1, -0.05) is 32.9 Å². The number of methoxy groups -OCH3 is 1. The molecule has 2 atom stereocenters. The second-order valence-corrected chi connectivity index (χ2v) is 7.39. The van der Waals surface area contributed by atoms with Crippen LogP contribution < -0.4 is 10.6 Å². The van der Waals surface area contributed by atoms with Crippen LogP contribution in [-0.2, 0) is 24.5 Å². The zero-order valence-corrected chi connectivity index (χ0v) is 16.9. The molecule has 150 valence electrons. The molecular formula is C20H30N2O5. The lowest BCUT2D eigenvalue weighted by atomic mass is 9.86. The van der Waals surface area contributed by atoms with Gasteiger partial charge in [0.15, 0.2) is 6.10 Å². The number of ether oxygens (including phenoxy) is 2. The summed E-state index contributed by atoms with van der Waals surface area (Å²) in [6.45, 7) is 9.95. The van der Waals surface area contributed by atoms with Crippen LogP contribution in [0.2, 0.25) is 0 Å². The first-order valence-electron chi connectivity index (χ1n) is 8.94. The molecule has 7 heteroatoms. The van der Waals surface area contributed by atoms with Gasteiger partial charge < -0.3 is 20.1 Å². The van der Waals surface area contributed by atoms with Crippen molar-refractivity contribution in [1.82, 2.24) is 10.6 Å². The highest BCUT2D eigenvalue weighted by molar-refractivity contribution is 5.97. The molecule has 0 aliphatic heterocycles. The predicted octanol–water partition coefficient (Wildman–Crippen LogP) is 1.80. The van der Waals surface area contributed by atoms with E-state index in [0.29, 0.717) is 18.7 Å². The molecule has 0 radical (unpaired) electrons. The highest BCUT2D eigenvalue weighted by Crippen LogP contribution is 2.22. The van der Waals surface area contributed by atoms with Gasteiger partial charge in [-0.15, -0.1) is 0 Å². The molecule has 0 aliphatic rings. The molecule has 0 fully saturated rings. The average Bonchev–Trinajstić information content (AvgIpc) is 2.60. The Labute approximate surface area is 160 Å². The Bertz CT molecular complexity index is 649. The molecule has 1 aromatic carbocycles. The van der Waals surface area contributed by atoms with Crippen molar-refractivity contribution in [2.24, 2.45) is 0 Å². The summed E-state index contributed by atoms with van der Waals surface area (Å²) in [5, 5.41) is 5.17. The van der Waals surface area contributed by atoms with Crippen LogP contribution in [0.15, 0.2) is 24.3 Å². The van der Waals surface area contributed by atoms with Crippen molar-refractivity contribution in [1.29, 1.82) is 0 Å². The molecule has 1 aromatic rings. The third kappa shape index (κ3) is 7.38.